The van der Waals surface area contributed by atoms with E-state index < -0.39 is 41.0 Å². The van der Waals surface area contributed by atoms with Gasteiger partial charge in [-0.05, 0) is 63.2 Å². The van der Waals surface area contributed by atoms with Crippen LogP contribution in [-0.4, -0.2) is 27.3 Å². The molecule has 0 aliphatic heterocycles. The number of carbonyl (C=O) groups excluding carboxylic acids is 2. The van der Waals surface area contributed by atoms with E-state index >= 15 is 0 Å². The van der Waals surface area contributed by atoms with E-state index in [1.807, 2.05) is 0 Å². The molecule has 1 atom stereocenters. The molecule has 3 aromatic rings. The molecule has 1 aromatic carbocycles. The van der Waals surface area contributed by atoms with Gasteiger partial charge in [0.25, 0.3) is 5.91 Å². The second-order valence-corrected chi connectivity index (χ2v) is 8.51. The third-order valence-electron chi connectivity index (χ3n) is 4.64. The van der Waals surface area contributed by atoms with Crippen molar-refractivity contribution in [3.8, 4) is 0 Å². The summed E-state index contributed by atoms with van der Waals surface area (Å²) in [6, 6.07) is 8.38. The van der Waals surface area contributed by atoms with Crippen molar-refractivity contribution in [3.63, 3.8) is 0 Å². The highest BCUT2D eigenvalue weighted by Crippen LogP contribution is 2.31. The summed E-state index contributed by atoms with van der Waals surface area (Å²) in [5, 5.41) is 2.81. The van der Waals surface area contributed by atoms with Gasteiger partial charge in [-0.25, -0.2) is 4.39 Å². The number of nitrogens with one attached hydrogen (secondary N) is 1. The number of pyridine rings is 2. The predicted octanol–water partition coefficient (Wildman–Crippen LogP) is 4.94. The van der Waals surface area contributed by atoms with Crippen LogP contribution < -0.4 is 10.2 Å². The monoisotopic (exact) mass is 474 g/mol. The number of anilines is 1. The van der Waals surface area contributed by atoms with E-state index in [0.29, 0.717) is 11.8 Å². The molecule has 0 aliphatic carbocycles. The Hall–Kier alpha value is -3.82. The highest BCUT2D eigenvalue weighted by Gasteiger charge is 2.36. The van der Waals surface area contributed by atoms with E-state index in [4.69, 9.17) is 0 Å². The van der Waals surface area contributed by atoms with E-state index in [2.05, 4.69) is 15.3 Å². The fourth-order valence-electron chi connectivity index (χ4n) is 3.19. The minimum atomic E-state index is -4.63. The van der Waals surface area contributed by atoms with Gasteiger partial charge in [0.2, 0.25) is 5.91 Å². The zero-order valence-electron chi connectivity index (χ0n) is 18.6. The Balaban J connectivity index is 2.15. The molecule has 2 heterocycles. The maximum atomic E-state index is 13.6. The van der Waals surface area contributed by atoms with Gasteiger partial charge in [-0.15, -0.1) is 0 Å². The van der Waals surface area contributed by atoms with Crippen LogP contribution in [0.3, 0.4) is 0 Å². The largest absolute Gasteiger partial charge is 0.417 e. The van der Waals surface area contributed by atoms with E-state index in [1.165, 1.54) is 24.5 Å². The number of amides is 2. The standard InChI is InChI=1S/C24H22F4N4O2/c1-23(2,3)31-21(33)20(15-5-4-12-29-13-15)32(18-9-7-17(25)8-10-18)22(34)19-11-6-16(14-30-19)24(26,27)28/h4-14,20H,1-3H3,(H,31,33). The number of rotatable bonds is 5. The third kappa shape index (κ3) is 5.94. The Bertz CT molecular complexity index is 1140. The Morgan fingerprint density at radius 1 is 0.971 bits per heavy atom. The lowest BCUT2D eigenvalue weighted by Gasteiger charge is -2.33. The number of benzene rings is 1. The molecule has 1 unspecified atom stereocenters. The van der Waals surface area contributed by atoms with Gasteiger partial charge in [0, 0.05) is 35.4 Å². The molecule has 0 bridgehead atoms. The first-order valence-electron chi connectivity index (χ1n) is 10.2. The zero-order valence-corrected chi connectivity index (χ0v) is 18.6. The minimum absolute atomic E-state index is 0.144. The predicted molar refractivity (Wildman–Crippen MR) is 117 cm³/mol. The summed E-state index contributed by atoms with van der Waals surface area (Å²) in [6.07, 6.45) is -1.19. The second kappa shape index (κ2) is 9.58. The van der Waals surface area contributed by atoms with Crippen LogP contribution in [-0.2, 0) is 11.0 Å². The summed E-state index contributed by atoms with van der Waals surface area (Å²) in [4.78, 5) is 35.7. The van der Waals surface area contributed by atoms with Crippen LogP contribution in [0.5, 0.6) is 0 Å². The van der Waals surface area contributed by atoms with Crippen LogP contribution in [0, 0.1) is 5.82 Å². The van der Waals surface area contributed by atoms with E-state index in [-0.39, 0.29) is 11.4 Å². The van der Waals surface area contributed by atoms with Gasteiger partial charge in [0.05, 0.1) is 5.56 Å². The molecule has 6 nitrogen and oxygen atoms in total. The summed E-state index contributed by atoms with van der Waals surface area (Å²) < 4.78 is 52.5. The molecule has 34 heavy (non-hydrogen) atoms. The lowest BCUT2D eigenvalue weighted by molar-refractivity contribution is -0.137. The molecule has 0 spiro atoms. The number of hydrogen-bond acceptors (Lipinski definition) is 4. The van der Waals surface area contributed by atoms with Crippen molar-refractivity contribution in [2.75, 3.05) is 4.90 Å². The Labute approximate surface area is 193 Å². The quantitative estimate of drug-likeness (QED) is 0.532. The summed E-state index contributed by atoms with van der Waals surface area (Å²) in [5.41, 5.74) is -1.52. The smallest absolute Gasteiger partial charge is 0.349 e. The molecule has 0 fully saturated rings. The maximum absolute atomic E-state index is 13.6. The van der Waals surface area contributed by atoms with Crippen LogP contribution in [0.15, 0.2) is 67.1 Å². The third-order valence-corrected chi connectivity index (χ3v) is 4.64. The van der Waals surface area contributed by atoms with Crippen molar-refractivity contribution in [1.29, 1.82) is 0 Å². The highest BCUT2D eigenvalue weighted by molar-refractivity contribution is 6.09. The number of hydrogen-bond donors (Lipinski definition) is 1. The van der Waals surface area contributed by atoms with Crippen molar-refractivity contribution < 1.29 is 27.2 Å². The van der Waals surface area contributed by atoms with Gasteiger partial charge in [0.15, 0.2) is 0 Å². The fraction of sp³-hybridized carbons (Fsp3) is 0.250. The second-order valence-electron chi connectivity index (χ2n) is 8.51. The van der Waals surface area contributed by atoms with Gasteiger partial charge in [-0.1, -0.05) is 6.07 Å². The van der Waals surface area contributed by atoms with Crippen LogP contribution in [0.4, 0.5) is 23.2 Å². The van der Waals surface area contributed by atoms with Crippen LogP contribution in [0.25, 0.3) is 0 Å². The molecular formula is C24H22F4N4O2. The zero-order chi connectivity index (χ0) is 25.1. The van der Waals surface area contributed by atoms with Gasteiger partial charge in [-0.2, -0.15) is 13.2 Å². The number of halogens is 4. The van der Waals surface area contributed by atoms with Gasteiger partial charge in [0.1, 0.15) is 17.6 Å². The lowest BCUT2D eigenvalue weighted by atomic mass is 10.0. The number of carbonyl (C=O) groups is 2. The average molecular weight is 474 g/mol. The maximum Gasteiger partial charge on any atom is 0.417 e. The van der Waals surface area contributed by atoms with Crippen molar-refractivity contribution in [2.45, 2.75) is 38.5 Å². The highest BCUT2D eigenvalue weighted by atomic mass is 19.4. The topological polar surface area (TPSA) is 75.2 Å². The number of nitrogens with zero attached hydrogens (tertiary/aromatic N) is 3. The van der Waals surface area contributed by atoms with Crippen molar-refractivity contribution in [3.05, 3.63) is 89.8 Å². The lowest BCUT2D eigenvalue weighted by Crippen LogP contribution is -2.49. The van der Waals surface area contributed by atoms with Gasteiger partial charge in [-0.3, -0.25) is 24.5 Å². The summed E-state index contributed by atoms with van der Waals surface area (Å²) in [5.74, 6) is -1.98. The van der Waals surface area contributed by atoms with Crippen molar-refractivity contribution in [1.82, 2.24) is 15.3 Å². The molecule has 3 rings (SSSR count). The normalized spacial score (nSPS) is 12.7. The first-order valence-corrected chi connectivity index (χ1v) is 10.2. The SMILES string of the molecule is CC(C)(C)NC(=O)C(c1cccnc1)N(C(=O)c1ccc(C(F)(F)F)cn1)c1ccc(F)cc1. The molecule has 2 amide bonds. The Kier molecular flexibility index (Phi) is 6.99. The molecule has 0 radical (unpaired) electrons. The van der Waals surface area contributed by atoms with Crippen molar-refractivity contribution in [2.24, 2.45) is 0 Å². The summed E-state index contributed by atoms with van der Waals surface area (Å²) in [7, 11) is 0. The van der Waals surface area contributed by atoms with Crippen molar-refractivity contribution >= 4 is 17.5 Å². The molecule has 178 valence electrons. The molecule has 10 heteroatoms. The van der Waals surface area contributed by atoms with Crippen LogP contribution in [0.2, 0.25) is 0 Å². The number of aromatic nitrogens is 2. The first-order chi connectivity index (χ1) is 15.9. The molecule has 1 N–H and O–H groups in total. The molecular weight excluding hydrogens is 452 g/mol. The first kappa shape index (κ1) is 24.8. The number of alkyl halides is 3. The minimum Gasteiger partial charge on any atom is -0.349 e. The molecule has 0 saturated heterocycles. The Morgan fingerprint density at radius 2 is 1.65 bits per heavy atom. The average Bonchev–Trinajstić information content (AvgIpc) is 2.76. The van der Waals surface area contributed by atoms with E-state index in [1.54, 1.807) is 32.9 Å². The summed E-state index contributed by atoms with van der Waals surface area (Å²) in [6.45, 7) is 5.27. The molecule has 2 aromatic heterocycles. The summed E-state index contributed by atoms with van der Waals surface area (Å²) >= 11 is 0. The molecule has 0 aliphatic rings. The Morgan fingerprint density at radius 3 is 2.15 bits per heavy atom. The molecule has 0 saturated carbocycles. The van der Waals surface area contributed by atoms with E-state index in [9.17, 15) is 27.2 Å². The van der Waals surface area contributed by atoms with Crippen LogP contribution >= 0.6 is 0 Å². The van der Waals surface area contributed by atoms with Crippen LogP contribution in [0.1, 0.15) is 48.4 Å². The fourth-order valence-corrected chi connectivity index (χ4v) is 3.19. The van der Waals surface area contributed by atoms with E-state index in [0.717, 1.165) is 29.2 Å². The van der Waals surface area contributed by atoms with Gasteiger partial charge < -0.3 is 5.32 Å². The van der Waals surface area contributed by atoms with Gasteiger partial charge >= 0.3 is 6.18 Å².